The quantitative estimate of drug-likeness (QED) is 0.561. The molecule has 1 fully saturated rings. The Labute approximate surface area is 185 Å². The van der Waals surface area contributed by atoms with Gasteiger partial charge in [0.15, 0.2) is 0 Å². The molecule has 162 valence electrons. The summed E-state index contributed by atoms with van der Waals surface area (Å²) in [6, 6.07) is 6.97. The second-order valence-corrected chi connectivity index (χ2v) is 10.1. The monoisotopic (exact) mass is 438 g/mol. The number of hydrogen-bond donors (Lipinski definition) is 2. The topological polar surface area (TPSA) is 80.9 Å². The summed E-state index contributed by atoms with van der Waals surface area (Å²) in [6.45, 7) is 6.37. The molecule has 1 aromatic carbocycles. The number of benzene rings is 1. The highest BCUT2D eigenvalue weighted by atomic mass is 32.1. The number of halogens is 1. The molecule has 1 aliphatic carbocycles. The summed E-state index contributed by atoms with van der Waals surface area (Å²) in [6.07, 6.45) is 6.30. The van der Waals surface area contributed by atoms with Gasteiger partial charge in [0.1, 0.15) is 16.5 Å². The SMILES string of the molecule is Cc1ccc(F)c(-c2nc(C(=O)Nc3cnccc3C3CC(N)CC(C)(C)C3)cs2)c1. The summed E-state index contributed by atoms with van der Waals surface area (Å²) in [4.78, 5) is 21.5. The van der Waals surface area contributed by atoms with Crippen LogP contribution in [0, 0.1) is 18.2 Å². The molecule has 0 bridgehead atoms. The van der Waals surface area contributed by atoms with Gasteiger partial charge in [-0.15, -0.1) is 11.3 Å². The summed E-state index contributed by atoms with van der Waals surface area (Å²) in [5.41, 5.74) is 9.80. The summed E-state index contributed by atoms with van der Waals surface area (Å²) in [5, 5.41) is 5.10. The Hall–Kier alpha value is -2.64. The van der Waals surface area contributed by atoms with E-state index in [9.17, 15) is 9.18 Å². The third-order valence-corrected chi connectivity index (χ3v) is 6.71. The molecule has 0 aliphatic heterocycles. The Balaban J connectivity index is 1.56. The van der Waals surface area contributed by atoms with Crippen molar-refractivity contribution in [3.63, 3.8) is 0 Å². The third kappa shape index (κ3) is 4.83. The van der Waals surface area contributed by atoms with E-state index in [1.165, 1.54) is 17.4 Å². The fraction of sp³-hybridized carbons (Fsp3) is 0.375. The van der Waals surface area contributed by atoms with Crippen LogP contribution >= 0.6 is 11.3 Å². The van der Waals surface area contributed by atoms with Crippen LogP contribution in [0.5, 0.6) is 0 Å². The molecule has 0 spiro atoms. The summed E-state index contributed by atoms with van der Waals surface area (Å²) in [7, 11) is 0. The van der Waals surface area contributed by atoms with Crippen LogP contribution in [-0.2, 0) is 0 Å². The number of carbonyl (C=O) groups is 1. The van der Waals surface area contributed by atoms with E-state index < -0.39 is 0 Å². The van der Waals surface area contributed by atoms with Crippen LogP contribution < -0.4 is 11.1 Å². The highest BCUT2D eigenvalue weighted by Crippen LogP contribution is 2.44. The molecule has 2 atom stereocenters. The molecule has 3 N–H and O–H groups in total. The number of thiazole rings is 1. The lowest BCUT2D eigenvalue weighted by Gasteiger charge is -2.39. The zero-order chi connectivity index (χ0) is 22.2. The Kier molecular flexibility index (Phi) is 5.90. The minimum atomic E-state index is -0.349. The van der Waals surface area contributed by atoms with Crippen molar-refractivity contribution < 1.29 is 9.18 Å². The molecule has 1 amide bonds. The van der Waals surface area contributed by atoms with Crippen molar-refractivity contribution in [2.24, 2.45) is 11.1 Å². The van der Waals surface area contributed by atoms with Gasteiger partial charge < -0.3 is 11.1 Å². The summed E-state index contributed by atoms with van der Waals surface area (Å²) < 4.78 is 14.2. The Bertz CT molecular complexity index is 1110. The van der Waals surface area contributed by atoms with Gasteiger partial charge in [-0.05, 0) is 61.3 Å². The van der Waals surface area contributed by atoms with E-state index in [0.29, 0.717) is 16.3 Å². The van der Waals surface area contributed by atoms with Crippen molar-refractivity contribution in [1.82, 2.24) is 9.97 Å². The molecule has 7 heteroatoms. The van der Waals surface area contributed by atoms with E-state index in [1.807, 2.05) is 13.0 Å². The maximum Gasteiger partial charge on any atom is 0.275 e. The minimum absolute atomic E-state index is 0.135. The van der Waals surface area contributed by atoms with Gasteiger partial charge in [-0.1, -0.05) is 25.5 Å². The maximum absolute atomic E-state index is 14.2. The number of amides is 1. The highest BCUT2D eigenvalue weighted by Gasteiger charge is 2.34. The molecule has 0 radical (unpaired) electrons. The van der Waals surface area contributed by atoms with E-state index in [1.54, 1.807) is 29.9 Å². The zero-order valence-electron chi connectivity index (χ0n) is 18.0. The Morgan fingerprint density at radius 3 is 2.87 bits per heavy atom. The second-order valence-electron chi connectivity index (χ2n) is 9.20. The van der Waals surface area contributed by atoms with Crippen LogP contribution in [0.4, 0.5) is 10.1 Å². The van der Waals surface area contributed by atoms with Crippen molar-refractivity contribution >= 4 is 22.9 Å². The largest absolute Gasteiger partial charge is 0.328 e. The molecule has 3 aromatic rings. The second kappa shape index (κ2) is 8.48. The maximum atomic E-state index is 14.2. The van der Waals surface area contributed by atoms with Crippen LogP contribution in [0.2, 0.25) is 0 Å². The fourth-order valence-corrected chi connectivity index (χ4v) is 5.40. The van der Waals surface area contributed by atoms with Gasteiger partial charge in [0.2, 0.25) is 0 Å². The van der Waals surface area contributed by atoms with Crippen molar-refractivity contribution in [3.05, 3.63) is 64.7 Å². The first-order valence-corrected chi connectivity index (χ1v) is 11.3. The van der Waals surface area contributed by atoms with Crippen molar-refractivity contribution in [1.29, 1.82) is 0 Å². The Morgan fingerprint density at radius 1 is 1.29 bits per heavy atom. The summed E-state index contributed by atoms with van der Waals surface area (Å²) in [5.74, 6) is -0.425. The average Bonchev–Trinajstić information content (AvgIpc) is 3.19. The van der Waals surface area contributed by atoms with Crippen molar-refractivity contribution in [2.45, 2.75) is 52.0 Å². The van der Waals surface area contributed by atoms with Gasteiger partial charge in [-0.3, -0.25) is 9.78 Å². The van der Waals surface area contributed by atoms with E-state index in [0.717, 1.165) is 30.4 Å². The number of pyridine rings is 1. The number of carbonyl (C=O) groups excluding carboxylic acids is 1. The van der Waals surface area contributed by atoms with Crippen molar-refractivity contribution in [3.8, 4) is 10.6 Å². The zero-order valence-corrected chi connectivity index (χ0v) is 18.8. The number of nitrogens with two attached hydrogens (primary N) is 1. The van der Waals surface area contributed by atoms with E-state index in [4.69, 9.17) is 5.73 Å². The first-order valence-electron chi connectivity index (χ1n) is 10.4. The van der Waals surface area contributed by atoms with Crippen molar-refractivity contribution in [2.75, 3.05) is 5.32 Å². The molecule has 1 aliphatic rings. The summed E-state index contributed by atoms with van der Waals surface area (Å²) >= 11 is 1.25. The molecule has 2 heterocycles. The lowest BCUT2D eigenvalue weighted by molar-refractivity contribution is 0.102. The number of anilines is 1. The average molecular weight is 439 g/mol. The minimum Gasteiger partial charge on any atom is -0.328 e. The standard InChI is InChI=1S/C24H27FN4OS/c1-14-4-5-19(25)18(8-14)23-29-21(13-31-23)22(30)28-20-12-27-7-6-17(20)15-9-16(26)11-24(2,3)10-15/h4-8,12-13,15-16H,9-11,26H2,1-3H3,(H,28,30). The molecule has 5 nitrogen and oxygen atoms in total. The van der Waals surface area contributed by atoms with Crippen LogP contribution in [0.1, 0.15) is 60.6 Å². The smallest absolute Gasteiger partial charge is 0.275 e. The molecule has 31 heavy (non-hydrogen) atoms. The number of hydrogen-bond acceptors (Lipinski definition) is 5. The van der Waals surface area contributed by atoms with Crippen LogP contribution in [0.3, 0.4) is 0 Å². The molecule has 0 saturated heterocycles. The van der Waals surface area contributed by atoms with E-state index in [-0.39, 0.29) is 34.8 Å². The molecular weight excluding hydrogens is 411 g/mol. The van der Waals surface area contributed by atoms with Gasteiger partial charge in [0.05, 0.1) is 11.9 Å². The molecule has 1 saturated carbocycles. The van der Waals surface area contributed by atoms with Gasteiger partial charge in [-0.2, -0.15) is 0 Å². The first-order chi connectivity index (χ1) is 14.7. The molecule has 2 aromatic heterocycles. The van der Waals surface area contributed by atoms with Gasteiger partial charge in [0, 0.05) is 23.2 Å². The van der Waals surface area contributed by atoms with Gasteiger partial charge in [-0.25, -0.2) is 9.37 Å². The predicted molar refractivity (Wildman–Crippen MR) is 123 cm³/mol. The Morgan fingerprint density at radius 2 is 2.10 bits per heavy atom. The first kappa shape index (κ1) is 21.6. The fourth-order valence-electron chi connectivity index (χ4n) is 4.59. The van der Waals surface area contributed by atoms with E-state index >= 15 is 0 Å². The highest BCUT2D eigenvalue weighted by molar-refractivity contribution is 7.13. The number of nitrogens with one attached hydrogen (secondary N) is 1. The van der Waals surface area contributed by atoms with Crippen LogP contribution in [0.15, 0.2) is 42.0 Å². The normalized spacial score (nSPS) is 20.4. The number of rotatable bonds is 4. The number of aryl methyl sites for hydroxylation is 1. The number of aromatic nitrogens is 2. The van der Waals surface area contributed by atoms with Gasteiger partial charge in [0.25, 0.3) is 5.91 Å². The predicted octanol–water partition coefficient (Wildman–Crippen LogP) is 5.53. The third-order valence-electron chi connectivity index (χ3n) is 5.83. The van der Waals surface area contributed by atoms with E-state index in [2.05, 4.69) is 29.1 Å². The van der Waals surface area contributed by atoms with Gasteiger partial charge >= 0.3 is 0 Å². The molecular formula is C24H27FN4OS. The van der Waals surface area contributed by atoms with Crippen LogP contribution in [-0.4, -0.2) is 21.9 Å². The molecule has 4 rings (SSSR count). The van der Waals surface area contributed by atoms with Crippen LogP contribution in [0.25, 0.3) is 10.6 Å². The lowest BCUT2D eigenvalue weighted by Crippen LogP contribution is -2.36. The number of nitrogens with zero attached hydrogens (tertiary/aromatic N) is 2. The molecule has 2 unspecified atom stereocenters. The lowest BCUT2D eigenvalue weighted by atomic mass is 9.68.